The summed E-state index contributed by atoms with van der Waals surface area (Å²) >= 11 is 0. The Hall–Kier alpha value is -2.89. The summed E-state index contributed by atoms with van der Waals surface area (Å²) < 4.78 is 13.5. The minimum atomic E-state index is -0.749. The monoisotopic (exact) mass is 329 g/mol. The highest BCUT2D eigenvalue weighted by Gasteiger charge is 2.13. The van der Waals surface area contributed by atoms with Crippen LogP contribution in [0.1, 0.15) is 5.56 Å². The zero-order valence-corrected chi connectivity index (χ0v) is 13.7. The van der Waals surface area contributed by atoms with Gasteiger partial charge in [-0.2, -0.15) is 0 Å². The molecule has 0 saturated heterocycles. The van der Waals surface area contributed by atoms with Gasteiger partial charge in [0.25, 0.3) is 0 Å². The molecule has 5 nitrogen and oxygen atoms in total. The molecule has 0 aliphatic carbocycles. The summed E-state index contributed by atoms with van der Waals surface area (Å²) in [6, 6.07) is 13.5. The van der Waals surface area contributed by atoms with E-state index in [1.54, 1.807) is 30.3 Å². The van der Waals surface area contributed by atoms with Gasteiger partial charge in [0.05, 0.1) is 0 Å². The first kappa shape index (κ1) is 17.5. The summed E-state index contributed by atoms with van der Waals surface area (Å²) in [4.78, 5) is 25.5. The highest BCUT2D eigenvalue weighted by Crippen LogP contribution is 2.15. The molecule has 0 aliphatic heterocycles. The van der Waals surface area contributed by atoms with Crippen LogP contribution in [0.25, 0.3) is 0 Å². The fraction of sp³-hybridized carbons (Fsp3) is 0.222. The SMILES string of the molecule is CN(C)c1ccc(NC(=O)C(=O)NCCc2ccccc2F)cc1. The molecule has 0 aliphatic rings. The molecular formula is C18H20FN3O2. The summed E-state index contributed by atoms with van der Waals surface area (Å²) in [6.45, 7) is 0.187. The molecule has 126 valence electrons. The van der Waals surface area contributed by atoms with Gasteiger partial charge in [-0.05, 0) is 42.3 Å². The molecule has 0 fully saturated rings. The molecule has 2 rings (SSSR count). The van der Waals surface area contributed by atoms with Crippen LogP contribution in [0.4, 0.5) is 15.8 Å². The van der Waals surface area contributed by atoms with Crippen molar-refractivity contribution in [2.45, 2.75) is 6.42 Å². The maximum absolute atomic E-state index is 13.5. The minimum absolute atomic E-state index is 0.187. The molecule has 0 spiro atoms. The summed E-state index contributed by atoms with van der Waals surface area (Å²) in [5, 5.41) is 5.01. The Morgan fingerprint density at radius 3 is 2.29 bits per heavy atom. The van der Waals surface area contributed by atoms with E-state index < -0.39 is 11.8 Å². The fourth-order valence-corrected chi connectivity index (χ4v) is 2.12. The van der Waals surface area contributed by atoms with Crippen molar-refractivity contribution in [1.82, 2.24) is 5.32 Å². The second-order valence-electron chi connectivity index (χ2n) is 5.49. The standard InChI is InChI=1S/C18H20FN3O2/c1-22(2)15-9-7-14(8-10-15)21-18(24)17(23)20-12-11-13-5-3-4-6-16(13)19/h3-10H,11-12H2,1-2H3,(H,20,23)(H,21,24). The van der Waals surface area contributed by atoms with Crippen molar-refractivity contribution in [3.05, 3.63) is 59.9 Å². The van der Waals surface area contributed by atoms with Crippen LogP contribution in [0.3, 0.4) is 0 Å². The van der Waals surface area contributed by atoms with E-state index in [1.165, 1.54) is 6.07 Å². The lowest BCUT2D eigenvalue weighted by atomic mass is 10.1. The molecular weight excluding hydrogens is 309 g/mol. The maximum Gasteiger partial charge on any atom is 0.313 e. The number of carbonyl (C=O) groups is 2. The lowest BCUT2D eigenvalue weighted by Crippen LogP contribution is -2.36. The highest BCUT2D eigenvalue weighted by atomic mass is 19.1. The summed E-state index contributed by atoms with van der Waals surface area (Å²) in [6.07, 6.45) is 0.323. The van der Waals surface area contributed by atoms with E-state index in [9.17, 15) is 14.0 Å². The zero-order valence-electron chi connectivity index (χ0n) is 13.7. The van der Waals surface area contributed by atoms with E-state index in [0.717, 1.165) is 5.69 Å². The third kappa shape index (κ3) is 4.81. The van der Waals surface area contributed by atoms with E-state index in [0.29, 0.717) is 17.7 Å². The lowest BCUT2D eigenvalue weighted by molar-refractivity contribution is -0.136. The van der Waals surface area contributed by atoms with Gasteiger partial charge in [-0.3, -0.25) is 9.59 Å². The third-order valence-electron chi connectivity index (χ3n) is 3.49. The van der Waals surface area contributed by atoms with Crippen LogP contribution < -0.4 is 15.5 Å². The first-order valence-corrected chi connectivity index (χ1v) is 7.57. The van der Waals surface area contributed by atoms with Gasteiger partial charge < -0.3 is 15.5 Å². The van der Waals surface area contributed by atoms with Crippen LogP contribution >= 0.6 is 0 Å². The van der Waals surface area contributed by atoms with Gasteiger partial charge in [0, 0.05) is 32.0 Å². The molecule has 2 amide bonds. The number of hydrogen-bond donors (Lipinski definition) is 2. The maximum atomic E-state index is 13.5. The molecule has 0 saturated carbocycles. The Labute approximate surface area is 140 Å². The van der Waals surface area contributed by atoms with Gasteiger partial charge >= 0.3 is 11.8 Å². The number of halogens is 1. The molecule has 2 aromatic carbocycles. The van der Waals surface area contributed by atoms with Crippen molar-refractivity contribution in [2.24, 2.45) is 0 Å². The van der Waals surface area contributed by atoms with Gasteiger partial charge in [0.2, 0.25) is 0 Å². The van der Waals surface area contributed by atoms with E-state index in [-0.39, 0.29) is 12.4 Å². The molecule has 0 unspecified atom stereocenters. The van der Waals surface area contributed by atoms with Crippen molar-refractivity contribution in [3.63, 3.8) is 0 Å². The van der Waals surface area contributed by atoms with Crippen LogP contribution in [-0.2, 0) is 16.0 Å². The quantitative estimate of drug-likeness (QED) is 0.827. The van der Waals surface area contributed by atoms with Gasteiger partial charge in [-0.15, -0.1) is 0 Å². The predicted molar refractivity (Wildman–Crippen MR) is 92.5 cm³/mol. The van der Waals surface area contributed by atoms with Crippen molar-refractivity contribution >= 4 is 23.2 Å². The van der Waals surface area contributed by atoms with E-state index >= 15 is 0 Å². The lowest BCUT2D eigenvalue weighted by Gasteiger charge is -2.13. The van der Waals surface area contributed by atoms with Crippen molar-refractivity contribution in [3.8, 4) is 0 Å². The van der Waals surface area contributed by atoms with Crippen LogP contribution in [0.2, 0.25) is 0 Å². The molecule has 24 heavy (non-hydrogen) atoms. The van der Waals surface area contributed by atoms with Crippen LogP contribution in [-0.4, -0.2) is 32.5 Å². The number of benzene rings is 2. The van der Waals surface area contributed by atoms with Crippen molar-refractivity contribution < 1.29 is 14.0 Å². The Bertz CT molecular complexity index is 714. The average Bonchev–Trinajstić information content (AvgIpc) is 2.57. The minimum Gasteiger partial charge on any atom is -0.378 e. The van der Waals surface area contributed by atoms with E-state index in [4.69, 9.17) is 0 Å². The molecule has 2 N–H and O–H groups in total. The Kier molecular flexibility index (Phi) is 5.89. The topological polar surface area (TPSA) is 61.4 Å². The van der Waals surface area contributed by atoms with Gasteiger partial charge in [-0.25, -0.2) is 4.39 Å². The smallest absolute Gasteiger partial charge is 0.313 e. The molecule has 0 heterocycles. The number of carbonyl (C=O) groups excluding carboxylic acids is 2. The number of nitrogens with zero attached hydrogens (tertiary/aromatic N) is 1. The number of nitrogens with one attached hydrogen (secondary N) is 2. The fourth-order valence-electron chi connectivity index (χ4n) is 2.12. The molecule has 0 aromatic heterocycles. The van der Waals surface area contributed by atoms with Crippen LogP contribution in [0.15, 0.2) is 48.5 Å². The molecule has 6 heteroatoms. The number of amides is 2. The average molecular weight is 329 g/mol. The van der Waals surface area contributed by atoms with E-state index in [2.05, 4.69) is 10.6 Å². The second kappa shape index (κ2) is 8.10. The van der Waals surface area contributed by atoms with Crippen molar-refractivity contribution in [2.75, 3.05) is 30.9 Å². The zero-order chi connectivity index (χ0) is 17.5. The molecule has 2 aromatic rings. The van der Waals surface area contributed by atoms with Crippen LogP contribution in [0.5, 0.6) is 0 Å². The molecule has 0 atom stereocenters. The second-order valence-corrected chi connectivity index (χ2v) is 5.49. The van der Waals surface area contributed by atoms with Gasteiger partial charge in [0.15, 0.2) is 0 Å². The van der Waals surface area contributed by atoms with E-state index in [1.807, 2.05) is 31.1 Å². The van der Waals surface area contributed by atoms with Gasteiger partial charge in [0.1, 0.15) is 5.82 Å². The summed E-state index contributed by atoms with van der Waals surface area (Å²) in [7, 11) is 3.83. The number of anilines is 2. The normalized spacial score (nSPS) is 10.1. The Balaban J connectivity index is 1.82. The molecule has 0 radical (unpaired) electrons. The predicted octanol–water partition coefficient (Wildman–Crippen LogP) is 2.19. The van der Waals surface area contributed by atoms with Crippen LogP contribution in [0, 0.1) is 5.82 Å². The first-order chi connectivity index (χ1) is 11.5. The highest BCUT2D eigenvalue weighted by molar-refractivity contribution is 6.39. The third-order valence-corrected chi connectivity index (χ3v) is 3.49. The number of rotatable bonds is 5. The Morgan fingerprint density at radius 2 is 1.67 bits per heavy atom. The summed E-state index contributed by atoms with van der Waals surface area (Å²) in [5.41, 5.74) is 2.02. The van der Waals surface area contributed by atoms with Crippen molar-refractivity contribution in [1.29, 1.82) is 0 Å². The first-order valence-electron chi connectivity index (χ1n) is 7.57. The molecule has 0 bridgehead atoms. The van der Waals surface area contributed by atoms with Gasteiger partial charge in [-0.1, -0.05) is 18.2 Å². The number of hydrogen-bond acceptors (Lipinski definition) is 3. The Morgan fingerprint density at radius 1 is 1.00 bits per heavy atom. The largest absolute Gasteiger partial charge is 0.378 e. The summed E-state index contributed by atoms with van der Waals surface area (Å²) in [5.74, 6) is -1.82.